The normalized spacial score (nSPS) is 27.5. The molecule has 0 unspecified atom stereocenters. The van der Waals surface area contributed by atoms with E-state index in [1.807, 2.05) is 0 Å². The average molecular weight is 322 g/mol. The minimum atomic E-state index is -4.15. The fourth-order valence-electron chi connectivity index (χ4n) is 3.16. The Morgan fingerprint density at radius 2 is 1.55 bits per heavy atom. The number of rotatable bonds is 2. The fraction of sp³-hybridized carbons (Fsp3) is 0.857. The molecule has 0 bridgehead atoms. The van der Waals surface area contributed by atoms with E-state index in [2.05, 4.69) is 5.32 Å². The third-order valence-electron chi connectivity index (χ3n) is 4.65. The van der Waals surface area contributed by atoms with E-state index in [9.17, 15) is 22.8 Å². The lowest BCUT2D eigenvalue weighted by molar-refractivity contribution is -0.182. The van der Waals surface area contributed by atoms with Crippen molar-refractivity contribution >= 4 is 12.0 Å². The van der Waals surface area contributed by atoms with Crippen molar-refractivity contribution in [2.24, 2.45) is 11.8 Å². The first-order valence-electron chi connectivity index (χ1n) is 7.62. The summed E-state index contributed by atoms with van der Waals surface area (Å²) < 4.78 is 37.7. The first kappa shape index (κ1) is 16.9. The topological polar surface area (TPSA) is 69.6 Å². The van der Waals surface area contributed by atoms with Crippen molar-refractivity contribution in [2.45, 2.75) is 50.7 Å². The van der Waals surface area contributed by atoms with Crippen LogP contribution in [-0.4, -0.2) is 47.3 Å². The number of halogens is 3. The Bertz CT molecular complexity index is 412. The monoisotopic (exact) mass is 322 g/mol. The fourth-order valence-corrected chi connectivity index (χ4v) is 3.16. The van der Waals surface area contributed by atoms with Crippen molar-refractivity contribution in [3.63, 3.8) is 0 Å². The van der Waals surface area contributed by atoms with Gasteiger partial charge in [-0.2, -0.15) is 13.2 Å². The number of amides is 2. The van der Waals surface area contributed by atoms with Gasteiger partial charge in [-0.05, 0) is 38.5 Å². The number of aliphatic carboxylic acids is 1. The molecule has 1 saturated heterocycles. The Labute approximate surface area is 126 Å². The number of piperidine rings is 1. The second-order valence-electron chi connectivity index (χ2n) is 6.14. The van der Waals surface area contributed by atoms with E-state index in [1.54, 1.807) is 4.90 Å². The molecule has 2 N–H and O–H groups in total. The van der Waals surface area contributed by atoms with Gasteiger partial charge in [0.25, 0.3) is 0 Å². The minimum absolute atomic E-state index is 0.0511. The Hall–Kier alpha value is -1.47. The standard InChI is InChI=1S/C14H21F3N2O3/c15-14(16,17)10-1-3-11(4-2-10)18-13(22)19-7-5-9(6-8-19)12(20)21/h9-11H,1-8H2,(H,18,22)(H,20,21). The van der Waals surface area contributed by atoms with E-state index in [-0.39, 0.29) is 24.9 Å². The van der Waals surface area contributed by atoms with Gasteiger partial charge >= 0.3 is 18.2 Å². The van der Waals surface area contributed by atoms with Crippen LogP contribution in [0.25, 0.3) is 0 Å². The summed E-state index contributed by atoms with van der Waals surface area (Å²) in [5, 5.41) is 11.7. The zero-order chi connectivity index (χ0) is 16.3. The molecule has 0 aromatic heterocycles. The van der Waals surface area contributed by atoms with E-state index in [0.29, 0.717) is 38.8 Å². The molecular formula is C14H21F3N2O3. The van der Waals surface area contributed by atoms with Gasteiger partial charge in [-0.1, -0.05) is 0 Å². The van der Waals surface area contributed by atoms with Crippen LogP contribution in [0.2, 0.25) is 0 Å². The van der Waals surface area contributed by atoms with Crippen LogP contribution in [0.5, 0.6) is 0 Å². The highest BCUT2D eigenvalue weighted by atomic mass is 19.4. The molecule has 8 heteroatoms. The molecule has 0 spiro atoms. The first-order valence-corrected chi connectivity index (χ1v) is 7.62. The molecular weight excluding hydrogens is 301 g/mol. The molecule has 0 radical (unpaired) electrons. The predicted octanol–water partition coefficient (Wildman–Crippen LogP) is 2.61. The quantitative estimate of drug-likeness (QED) is 0.821. The van der Waals surface area contributed by atoms with Crippen LogP contribution in [0.4, 0.5) is 18.0 Å². The molecule has 22 heavy (non-hydrogen) atoms. The Kier molecular flexibility index (Phi) is 5.18. The average Bonchev–Trinajstić information content (AvgIpc) is 2.47. The van der Waals surface area contributed by atoms with Gasteiger partial charge < -0.3 is 15.3 Å². The molecule has 1 aliphatic heterocycles. The summed E-state index contributed by atoms with van der Waals surface area (Å²) in [5.41, 5.74) is 0. The van der Waals surface area contributed by atoms with Crippen LogP contribution < -0.4 is 5.32 Å². The zero-order valence-electron chi connectivity index (χ0n) is 12.2. The maximum atomic E-state index is 12.6. The van der Waals surface area contributed by atoms with Crippen molar-refractivity contribution in [3.8, 4) is 0 Å². The third kappa shape index (κ3) is 4.27. The van der Waals surface area contributed by atoms with Crippen LogP contribution in [0.15, 0.2) is 0 Å². The number of nitrogens with one attached hydrogen (secondary N) is 1. The summed E-state index contributed by atoms with van der Waals surface area (Å²) in [6, 6.07) is -0.511. The highest BCUT2D eigenvalue weighted by molar-refractivity contribution is 5.75. The van der Waals surface area contributed by atoms with Gasteiger partial charge in [0.15, 0.2) is 0 Å². The number of carboxylic acids is 1. The molecule has 2 aliphatic rings. The SMILES string of the molecule is O=C(O)C1CCN(C(=O)NC2CCC(C(F)(F)F)CC2)CC1. The van der Waals surface area contributed by atoms with E-state index in [1.165, 1.54) is 0 Å². The van der Waals surface area contributed by atoms with Crippen molar-refractivity contribution in [3.05, 3.63) is 0 Å². The molecule has 0 atom stereocenters. The molecule has 0 aromatic carbocycles. The Morgan fingerprint density at radius 3 is 2.00 bits per heavy atom. The largest absolute Gasteiger partial charge is 0.481 e. The first-order chi connectivity index (χ1) is 10.3. The van der Waals surface area contributed by atoms with E-state index < -0.39 is 24.0 Å². The van der Waals surface area contributed by atoms with Crippen LogP contribution in [-0.2, 0) is 4.79 Å². The molecule has 1 aliphatic carbocycles. The smallest absolute Gasteiger partial charge is 0.391 e. The second kappa shape index (κ2) is 6.75. The number of hydrogen-bond acceptors (Lipinski definition) is 2. The van der Waals surface area contributed by atoms with Gasteiger partial charge in [-0.3, -0.25) is 4.79 Å². The molecule has 1 saturated carbocycles. The number of urea groups is 1. The molecule has 2 rings (SSSR count). The maximum Gasteiger partial charge on any atom is 0.391 e. The lowest BCUT2D eigenvalue weighted by Gasteiger charge is -2.34. The van der Waals surface area contributed by atoms with Gasteiger partial charge in [0.1, 0.15) is 0 Å². The Balaban J connectivity index is 1.74. The third-order valence-corrected chi connectivity index (χ3v) is 4.65. The lowest BCUT2D eigenvalue weighted by atomic mass is 9.85. The number of alkyl halides is 3. The minimum Gasteiger partial charge on any atom is -0.481 e. The lowest BCUT2D eigenvalue weighted by Crippen LogP contribution is -2.49. The molecule has 5 nitrogen and oxygen atoms in total. The summed E-state index contributed by atoms with van der Waals surface area (Å²) in [4.78, 5) is 24.5. The summed E-state index contributed by atoms with van der Waals surface area (Å²) in [6.07, 6.45) is -2.53. The molecule has 1 heterocycles. The van der Waals surface area contributed by atoms with Crippen LogP contribution in [0.1, 0.15) is 38.5 Å². The highest BCUT2D eigenvalue weighted by Gasteiger charge is 2.41. The number of carbonyl (C=O) groups excluding carboxylic acids is 1. The summed E-state index contributed by atoms with van der Waals surface area (Å²) >= 11 is 0. The number of likely N-dealkylation sites (tertiary alicyclic amines) is 1. The predicted molar refractivity (Wildman–Crippen MR) is 72.3 cm³/mol. The van der Waals surface area contributed by atoms with Crippen molar-refractivity contribution in [1.82, 2.24) is 10.2 Å². The maximum absolute atomic E-state index is 12.6. The zero-order valence-corrected chi connectivity index (χ0v) is 12.2. The molecule has 0 aromatic rings. The Morgan fingerprint density at radius 1 is 1.00 bits per heavy atom. The van der Waals surface area contributed by atoms with Crippen LogP contribution in [0, 0.1) is 11.8 Å². The van der Waals surface area contributed by atoms with Gasteiger partial charge in [0.2, 0.25) is 0 Å². The van der Waals surface area contributed by atoms with E-state index >= 15 is 0 Å². The number of hydrogen-bond donors (Lipinski definition) is 2. The summed E-state index contributed by atoms with van der Waals surface area (Å²) in [6.45, 7) is 0.751. The van der Waals surface area contributed by atoms with Gasteiger partial charge in [0.05, 0.1) is 11.8 Å². The van der Waals surface area contributed by atoms with Gasteiger partial charge in [-0.25, -0.2) is 4.79 Å². The highest BCUT2D eigenvalue weighted by Crippen LogP contribution is 2.37. The van der Waals surface area contributed by atoms with Crippen molar-refractivity contribution in [1.29, 1.82) is 0 Å². The van der Waals surface area contributed by atoms with Crippen LogP contribution in [0.3, 0.4) is 0 Å². The second-order valence-corrected chi connectivity index (χ2v) is 6.14. The van der Waals surface area contributed by atoms with Crippen molar-refractivity contribution < 1.29 is 27.9 Å². The molecule has 126 valence electrons. The number of carboxylic acid groups (broad SMARTS) is 1. The summed E-state index contributed by atoms with van der Waals surface area (Å²) in [5.74, 6) is -2.51. The van der Waals surface area contributed by atoms with Gasteiger partial charge in [-0.15, -0.1) is 0 Å². The summed E-state index contributed by atoms with van der Waals surface area (Å²) in [7, 11) is 0. The van der Waals surface area contributed by atoms with E-state index in [0.717, 1.165) is 0 Å². The number of carbonyl (C=O) groups is 2. The molecule has 2 fully saturated rings. The van der Waals surface area contributed by atoms with Crippen molar-refractivity contribution in [2.75, 3.05) is 13.1 Å². The van der Waals surface area contributed by atoms with E-state index in [4.69, 9.17) is 5.11 Å². The van der Waals surface area contributed by atoms with Crippen LogP contribution >= 0.6 is 0 Å². The molecule has 2 amide bonds. The van der Waals surface area contributed by atoms with Gasteiger partial charge in [0, 0.05) is 19.1 Å². The number of nitrogens with zero attached hydrogens (tertiary/aromatic N) is 1.